The van der Waals surface area contributed by atoms with Crippen LogP contribution in [-0.4, -0.2) is 28.6 Å². The van der Waals surface area contributed by atoms with Crippen LogP contribution < -0.4 is 0 Å². The summed E-state index contributed by atoms with van der Waals surface area (Å²) in [5.74, 6) is 0.166. The summed E-state index contributed by atoms with van der Waals surface area (Å²) in [4.78, 5) is 13.2. The molecule has 1 aromatic carbocycles. The van der Waals surface area contributed by atoms with E-state index >= 15 is 0 Å². The number of para-hydroxylation sites is 1. The second-order valence-electron chi connectivity index (χ2n) is 5.16. The number of fused-ring (bicyclic) bond motifs is 1. The zero-order valence-corrected chi connectivity index (χ0v) is 10.9. The quantitative estimate of drug-likeness (QED) is 0.920. The van der Waals surface area contributed by atoms with Crippen LogP contribution in [0.4, 0.5) is 0 Å². The maximum atomic E-state index is 11.2. The van der Waals surface area contributed by atoms with E-state index in [4.69, 9.17) is 4.42 Å². The number of hydrogen-bond donors (Lipinski definition) is 1. The molecule has 0 aliphatic carbocycles. The van der Waals surface area contributed by atoms with Crippen molar-refractivity contribution < 1.29 is 14.3 Å². The average molecular weight is 259 g/mol. The fourth-order valence-electron chi connectivity index (χ4n) is 2.89. The molecule has 4 nitrogen and oxygen atoms in total. The Balaban J connectivity index is 1.91. The van der Waals surface area contributed by atoms with Crippen molar-refractivity contribution >= 4 is 16.9 Å². The summed E-state index contributed by atoms with van der Waals surface area (Å²) < 4.78 is 5.73. The van der Waals surface area contributed by atoms with Crippen LogP contribution in [0.5, 0.6) is 0 Å². The zero-order valence-electron chi connectivity index (χ0n) is 10.9. The fraction of sp³-hybridized carbons (Fsp3) is 0.400. The minimum atomic E-state index is -0.722. The molecule has 19 heavy (non-hydrogen) atoms. The maximum absolute atomic E-state index is 11.2. The van der Waals surface area contributed by atoms with E-state index in [9.17, 15) is 9.90 Å². The second kappa shape index (κ2) is 4.70. The van der Waals surface area contributed by atoms with Gasteiger partial charge in [0.05, 0.1) is 0 Å². The molecule has 2 heterocycles. The first-order valence-corrected chi connectivity index (χ1v) is 6.60. The molecule has 2 aromatic rings. The molecule has 0 amide bonds. The molecule has 1 fully saturated rings. The molecular weight excluding hydrogens is 242 g/mol. The molecule has 0 bridgehead atoms. The molecule has 1 atom stereocenters. The standard InChI is InChI=1S/C15H17NO3/c1-10-8-11-4-2-5-12(14(11)19-10)9-16-7-3-6-13(16)15(17)18/h2,4-5,8,13H,3,6-7,9H2,1H3,(H,17,18). The number of aliphatic carboxylic acids is 1. The minimum Gasteiger partial charge on any atom is -0.480 e. The molecule has 0 spiro atoms. The van der Waals surface area contributed by atoms with Crippen molar-refractivity contribution in [3.05, 3.63) is 35.6 Å². The lowest BCUT2D eigenvalue weighted by molar-refractivity contribution is -0.142. The molecule has 4 heteroatoms. The number of carboxylic acids is 1. The predicted molar refractivity (Wildman–Crippen MR) is 72.0 cm³/mol. The minimum absolute atomic E-state index is 0.355. The average Bonchev–Trinajstić information content (AvgIpc) is 2.95. The van der Waals surface area contributed by atoms with E-state index in [2.05, 4.69) is 0 Å². The van der Waals surface area contributed by atoms with E-state index in [0.29, 0.717) is 6.54 Å². The zero-order chi connectivity index (χ0) is 13.4. The van der Waals surface area contributed by atoms with Gasteiger partial charge in [0.1, 0.15) is 17.4 Å². The SMILES string of the molecule is Cc1cc2cccc(CN3CCCC3C(=O)O)c2o1. The second-order valence-corrected chi connectivity index (χ2v) is 5.16. The van der Waals surface area contributed by atoms with Gasteiger partial charge in [0.25, 0.3) is 0 Å². The van der Waals surface area contributed by atoms with Gasteiger partial charge in [-0.25, -0.2) is 0 Å². The summed E-state index contributed by atoms with van der Waals surface area (Å²) in [6, 6.07) is 7.69. The van der Waals surface area contributed by atoms with Gasteiger partial charge in [0.2, 0.25) is 0 Å². The van der Waals surface area contributed by atoms with E-state index in [1.54, 1.807) is 0 Å². The first-order valence-electron chi connectivity index (χ1n) is 6.60. The number of likely N-dealkylation sites (tertiary alicyclic amines) is 1. The largest absolute Gasteiger partial charge is 0.480 e. The van der Waals surface area contributed by atoms with Crippen LogP contribution in [0.25, 0.3) is 11.0 Å². The van der Waals surface area contributed by atoms with Crippen molar-refractivity contribution in [3.63, 3.8) is 0 Å². The van der Waals surface area contributed by atoms with E-state index < -0.39 is 5.97 Å². The third kappa shape index (κ3) is 2.24. The molecule has 1 N–H and O–H groups in total. The molecule has 1 saturated heterocycles. The van der Waals surface area contributed by atoms with Crippen LogP contribution in [0.3, 0.4) is 0 Å². The first-order chi connectivity index (χ1) is 9.15. The van der Waals surface area contributed by atoms with E-state index in [0.717, 1.165) is 41.7 Å². The Morgan fingerprint density at radius 3 is 3.16 bits per heavy atom. The number of benzene rings is 1. The Hall–Kier alpha value is -1.81. The number of carbonyl (C=O) groups is 1. The topological polar surface area (TPSA) is 53.7 Å². The molecule has 0 radical (unpaired) electrons. The molecule has 1 aliphatic rings. The molecule has 1 aliphatic heterocycles. The third-order valence-electron chi connectivity index (χ3n) is 3.77. The van der Waals surface area contributed by atoms with Gasteiger partial charge in [-0.3, -0.25) is 9.69 Å². The summed E-state index contributed by atoms with van der Waals surface area (Å²) in [5.41, 5.74) is 1.95. The Morgan fingerprint density at radius 2 is 2.37 bits per heavy atom. The highest BCUT2D eigenvalue weighted by Crippen LogP contribution is 2.26. The van der Waals surface area contributed by atoms with Crippen molar-refractivity contribution in [1.82, 2.24) is 4.90 Å². The summed E-state index contributed by atoms with van der Waals surface area (Å²) in [6.45, 7) is 3.41. The number of aryl methyl sites for hydroxylation is 1. The third-order valence-corrected chi connectivity index (χ3v) is 3.77. The molecule has 3 rings (SSSR count). The van der Waals surface area contributed by atoms with Crippen LogP contribution >= 0.6 is 0 Å². The number of hydrogen-bond acceptors (Lipinski definition) is 3. The van der Waals surface area contributed by atoms with Crippen LogP contribution in [0.2, 0.25) is 0 Å². The predicted octanol–water partition coefficient (Wildman–Crippen LogP) is 2.79. The summed E-state index contributed by atoms with van der Waals surface area (Å²) in [6.07, 6.45) is 1.69. The van der Waals surface area contributed by atoms with E-state index in [1.165, 1.54) is 0 Å². The number of furan rings is 1. The van der Waals surface area contributed by atoms with Gasteiger partial charge in [0.15, 0.2) is 0 Å². The summed E-state index contributed by atoms with van der Waals surface area (Å²) in [7, 11) is 0. The molecule has 1 aromatic heterocycles. The van der Waals surface area contributed by atoms with Crippen LogP contribution in [0.15, 0.2) is 28.7 Å². The van der Waals surface area contributed by atoms with Gasteiger partial charge in [-0.05, 0) is 32.4 Å². The Morgan fingerprint density at radius 1 is 1.53 bits per heavy atom. The first kappa shape index (κ1) is 12.2. The van der Waals surface area contributed by atoms with Gasteiger partial charge in [0, 0.05) is 17.5 Å². The van der Waals surface area contributed by atoms with Gasteiger partial charge >= 0.3 is 5.97 Å². The van der Waals surface area contributed by atoms with Gasteiger partial charge in [-0.15, -0.1) is 0 Å². The highest BCUT2D eigenvalue weighted by atomic mass is 16.4. The molecular formula is C15H17NO3. The Bertz CT molecular complexity index is 617. The van der Waals surface area contributed by atoms with Gasteiger partial charge in [-0.1, -0.05) is 18.2 Å². The molecule has 1 unspecified atom stereocenters. The van der Waals surface area contributed by atoms with Crippen molar-refractivity contribution in [1.29, 1.82) is 0 Å². The number of rotatable bonds is 3. The van der Waals surface area contributed by atoms with Crippen molar-refractivity contribution in [2.75, 3.05) is 6.54 Å². The van der Waals surface area contributed by atoms with Crippen LogP contribution in [0, 0.1) is 6.92 Å². The van der Waals surface area contributed by atoms with E-state index in [-0.39, 0.29) is 6.04 Å². The maximum Gasteiger partial charge on any atom is 0.320 e. The van der Waals surface area contributed by atoms with Crippen molar-refractivity contribution in [2.45, 2.75) is 32.4 Å². The van der Waals surface area contributed by atoms with Gasteiger partial charge in [-0.2, -0.15) is 0 Å². The summed E-state index contributed by atoms with van der Waals surface area (Å²) >= 11 is 0. The lowest BCUT2D eigenvalue weighted by Crippen LogP contribution is -2.35. The highest BCUT2D eigenvalue weighted by Gasteiger charge is 2.30. The normalized spacial score (nSPS) is 20.2. The monoisotopic (exact) mass is 259 g/mol. The number of carboxylic acid groups (broad SMARTS) is 1. The Kier molecular flexibility index (Phi) is 3.03. The lowest BCUT2D eigenvalue weighted by Gasteiger charge is -2.20. The fourth-order valence-corrected chi connectivity index (χ4v) is 2.89. The lowest BCUT2D eigenvalue weighted by atomic mass is 10.1. The Labute approximate surface area is 111 Å². The van der Waals surface area contributed by atoms with Crippen LogP contribution in [0.1, 0.15) is 24.2 Å². The number of nitrogens with zero attached hydrogens (tertiary/aromatic N) is 1. The van der Waals surface area contributed by atoms with Crippen LogP contribution in [-0.2, 0) is 11.3 Å². The molecule has 0 saturated carbocycles. The van der Waals surface area contributed by atoms with E-state index in [1.807, 2.05) is 36.1 Å². The van der Waals surface area contributed by atoms with Crippen molar-refractivity contribution in [2.24, 2.45) is 0 Å². The summed E-state index contributed by atoms with van der Waals surface area (Å²) in [5, 5.41) is 10.3. The van der Waals surface area contributed by atoms with Crippen molar-refractivity contribution in [3.8, 4) is 0 Å². The highest BCUT2D eigenvalue weighted by molar-refractivity contribution is 5.81. The molecule has 100 valence electrons. The van der Waals surface area contributed by atoms with Gasteiger partial charge < -0.3 is 9.52 Å². The smallest absolute Gasteiger partial charge is 0.320 e.